The second-order valence-electron chi connectivity index (χ2n) is 3.65. The minimum absolute atomic E-state index is 0.132. The van der Waals surface area contributed by atoms with Crippen LogP contribution in [0.4, 0.5) is 0 Å². The average molecular weight is 335 g/mol. The molecule has 18 heavy (non-hydrogen) atoms. The molecule has 1 amide bonds. The van der Waals surface area contributed by atoms with Gasteiger partial charge in [0.2, 0.25) is 15.9 Å². The summed E-state index contributed by atoms with van der Waals surface area (Å²) in [4.78, 5) is 11.6. The predicted molar refractivity (Wildman–Crippen MR) is 72.6 cm³/mol. The van der Waals surface area contributed by atoms with Crippen molar-refractivity contribution >= 4 is 31.9 Å². The molecular weight excluding hydrogens is 320 g/mol. The molecular formula is C11H15BrN2O3S. The molecule has 100 valence electrons. The van der Waals surface area contributed by atoms with Gasteiger partial charge in [-0.3, -0.25) is 4.79 Å². The van der Waals surface area contributed by atoms with E-state index in [0.29, 0.717) is 6.42 Å². The number of benzene rings is 1. The van der Waals surface area contributed by atoms with Crippen molar-refractivity contribution in [3.63, 3.8) is 0 Å². The number of nitrogens with one attached hydrogen (secondary N) is 2. The summed E-state index contributed by atoms with van der Waals surface area (Å²) in [6.07, 6.45) is 0.384. The van der Waals surface area contributed by atoms with E-state index in [2.05, 4.69) is 26.0 Å². The first-order valence-electron chi connectivity index (χ1n) is 5.40. The number of likely N-dealkylation sites (N-methyl/N-ethyl adjacent to an activating group) is 1. The fourth-order valence-corrected chi connectivity index (χ4v) is 2.91. The molecule has 0 aliphatic rings. The molecule has 0 heterocycles. The third-order valence-corrected chi connectivity index (χ3v) is 4.41. The molecule has 0 aliphatic heterocycles. The number of carbonyl (C=O) groups is 1. The summed E-state index contributed by atoms with van der Waals surface area (Å²) in [5.74, 6) is -0.349. The molecule has 7 heteroatoms. The molecule has 0 radical (unpaired) electrons. The van der Waals surface area contributed by atoms with Gasteiger partial charge in [0.15, 0.2) is 0 Å². The van der Waals surface area contributed by atoms with Gasteiger partial charge in [-0.2, -0.15) is 4.72 Å². The summed E-state index contributed by atoms with van der Waals surface area (Å²) < 4.78 is 27.2. The van der Waals surface area contributed by atoms with Crippen LogP contribution in [0.5, 0.6) is 0 Å². The fourth-order valence-electron chi connectivity index (χ4n) is 1.37. The van der Waals surface area contributed by atoms with Gasteiger partial charge in [-0.05, 0) is 30.7 Å². The van der Waals surface area contributed by atoms with Crippen LogP contribution in [0, 0.1) is 0 Å². The molecule has 0 fully saturated rings. The lowest BCUT2D eigenvalue weighted by Gasteiger charge is -2.15. The van der Waals surface area contributed by atoms with Gasteiger partial charge in [0.25, 0.3) is 0 Å². The molecule has 5 nitrogen and oxygen atoms in total. The molecule has 2 N–H and O–H groups in total. The van der Waals surface area contributed by atoms with Crippen molar-refractivity contribution in [1.29, 1.82) is 0 Å². The predicted octanol–water partition coefficient (Wildman–Crippen LogP) is 1.25. The van der Waals surface area contributed by atoms with Crippen molar-refractivity contribution in [2.75, 3.05) is 7.05 Å². The molecule has 1 aromatic carbocycles. The van der Waals surface area contributed by atoms with Crippen molar-refractivity contribution in [2.24, 2.45) is 0 Å². The molecule has 0 saturated carbocycles. The lowest BCUT2D eigenvalue weighted by molar-refractivity contribution is -0.122. The van der Waals surface area contributed by atoms with Crippen LogP contribution >= 0.6 is 15.9 Å². The fraction of sp³-hybridized carbons (Fsp3) is 0.364. The highest BCUT2D eigenvalue weighted by Crippen LogP contribution is 2.15. The first-order chi connectivity index (χ1) is 8.40. The number of amides is 1. The molecule has 1 unspecified atom stereocenters. The second kappa shape index (κ2) is 6.31. The van der Waals surface area contributed by atoms with Gasteiger partial charge in [-0.25, -0.2) is 8.42 Å². The number of halogens is 1. The minimum atomic E-state index is -3.68. The lowest BCUT2D eigenvalue weighted by atomic mass is 10.2. The Morgan fingerprint density at radius 3 is 2.33 bits per heavy atom. The Labute approximate surface area is 115 Å². The molecule has 0 spiro atoms. The summed E-state index contributed by atoms with van der Waals surface area (Å²) in [7, 11) is -2.20. The monoisotopic (exact) mass is 334 g/mol. The lowest BCUT2D eigenvalue weighted by Crippen LogP contribution is -2.45. The number of sulfonamides is 1. The second-order valence-corrected chi connectivity index (χ2v) is 6.28. The largest absolute Gasteiger partial charge is 0.358 e. The minimum Gasteiger partial charge on any atom is -0.358 e. The van der Waals surface area contributed by atoms with Crippen LogP contribution in [0.15, 0.2) is 33.6 Å². The highest BCUT2D eigenvalue weighted by Gasteiger charge is 2.23. The van der Waals surface area contributed by atoms with Crippen LogP contribution in [-0.2, 0) is 14.8 Å². The molecule has 0 aromatic heterocycles. The van der Waals surface area contributed by atoms with E-state index in [4.69, 9.17) is 0 Å². The van der Waals surface area contributed by atoms with Gasteiger partial charge in [0.05, 0.1) is 4.90 Å². The van der Waals surface area contributed by atoms with Crippen LogP contribution in [0.3, 0.4) is 0 Å². The zero-order chi connectivity index (χ0) is 13.8. The van der Waals surface area contributed by atoms with Crippen LogP contribution < -0.4 is 10.0 Å². The van der Waals surface area contributed by atoms with Crippen molar-refractivity contribution in [3.05, 3.63) is 28.7 Å². The van der Waals surface area contributed by atoms with Gasteiger partial charge < -0.3 is 5.32 Å². The van der Waals surface area contributed by atoms with Gasteiger partial charge in [0.1, 0.15) is 6.04 Å². The summed E-state index contributed by atoms with van der Waals surface area (Å²) in [6, 6.07) is 5.46. The Morgan fingerprint density at radius 2 is 1.89 bits per heavy atom. The smallest absolute Gasteiger partial charge is 0.241 e. The zero-order valence-electron chi connectivity index (χ0n) is 10.1. The highest BCUT2D eigenvalue weighted by atomic mass is 79.9. The Hall–Kier alpha value is -0.920. The van der Waals surface area contributed by atoms with E-state index in [1.54, 1.807) is 19.1 Å². The number of hydrogen-bond acceptors (Lipinski definition) is 3. The Morgan fingerprint density at radius 1 is 1.33 bits per heavy atom. The molecule has 0 bridgehead atoms. The van der Waals surface area contributed by atoms with Gasteiger partial charge in [0, 0.05) is 11.5 Å². The normalized spacial score (nSPS) is 13.1. The quantitative estimate of drug-likeness (QED) is 0.850. The Balaban J connectivity index is 2.94. The Bertz CT molecular complexity index is 514. The molecule has 1 rings (SSSR count). The van der Waals surface area contributed by atoms with E-state index in [1.165, 1.54) is 19.2 Å². The van der Waals surface area contributed by atoms with E-state index in [0.717, 1.165) is 4.47 Å². The third kappa shape index (κ3) is 3.79. The maximum atomic E-state index is 12.0. The van der Waals surface area contributed by atoms with Crippen LogP contribution in [0.25, 0.3) is 0 Å². The maximum absolute atomic E-state index is 12.0. The summed E-state index contributed by atoms with van der Waals surface area (Å²) in [6.45, 7) is 1.74. The Kier molecular flexibility index (Phi) is 5.30. The van der Waals surface area contributed by atoms with E-state index in [-0.39, 0.29) is 10.8 Å². The zero-order valence-corrected chi connectivity index (χ0v) is 12.5. The number of hydrogen-bond donors (Lipinski definition) is 2. The SMILES string of the molecule is CCC(NS(=O)(=O)c1ccc(Br)cc1)C(=O)NC. The summed E-state index contributed by atoms with van der Waals surface area (Å²) >= 11 is 3.23. The highest BCUT2D eigenvalue weighted by molar-refractivity contribution is 9.10. The van der Waals surface area contributed by atoms with Crippen molar-refractivity contribution < 1.29 is 13.2 Å². The average Bonchev–Trinajstić information content (AvgIpc) is 2.35. The first kappa shape index (κ1) is 15.1. The molecule has 1 atom stereocenters. The van der Waals surface area contributed by atoms with Crippen LogP contribution in [0.2, 0.25) is 0 Å². The molecule has 0 saturated heterocycles. The van der Waals surface area contributed by atoms with Crippen LogP contribution in [0.1, 0.15) is 13.3 Å². The van der Waals surface area contributed by atoms with Gasteiger partial charge >= 0.3 is 0 Å². The maximum Gasteiger partial charge on any atom is 0.241 e. The number of rotatable bonds is 5. The van der Waals surface area contributed by atoms with E-state index in [1.807, 2.05) is 0 Å². The van der Waals surface area contributed by atoms with Gasteiger partial charge in [-0.1, -0.05) is 22.9 Å². The molecule has 1 aromatic rings. The van der Waals surface area contributed by atoms with Crippen LogP contribution in [-0.4, -0.2) is 27.4 Å². The van der Waals surface area contributed by atoms with E-state index < -0.39 is 16.1 Å². The molecule has 0 aliphatic carbocycles. The standard InChI is InChI=1S/C11H15BrN2O3S/c1-3-10(11(15)13-2)14-18(16,17)9-6-4-8(12)5-7-9/h4-7,10,14H,3H2,1-2H3,(H,13,15). The topological polar surface area (TPSA) is 75.3 Å². The summed E-state index contributed by atoms with van der Waals surface area (Å²) in [5.41, 5.74) is 0. The summed E-state index contributed by atoms with van der Waals surface area (Å²) in [5, 5.41) is 2.43. The van der Waals surface area contributed by atoms with E-state index >= 15 is 0 Å². The van der Waals surface area contributed by atoms with Crippen molar-refractivity contribution in [2.45, 2.75) is 24.3 Å². The van der Waals surface area contributed by atoms with E-state index in [9.17, 15) is 13.2 Å². The van der Waals surface area contributed by atoms with Crippen molar-refractivity contribution in [1.82, 2.24) is 10.0 Å². The number of carbonyl (C=O) groups excluding carboxylic acids is 1. The van der Waals surface area contributed by atoms with Crippen molar-refractivity contribution in [3.8, 4) is 0 Å². The van der Waals surface area contributed by atoms with Gasteiger partial charge in [-0.15, -0.1) is 0 Å². The third-order valence-electron chi connectivity index (χ3n) is 2.39. The first-order valence-corrected chi connectivity index (χ1v) is 7.67.